The number of nitrogens with two attached hydrogens (primary N) is 1. The number of carbonyl (C=O) groups excluding carboxylic acids is 4. The van der Waals surface area contributed by atoms with Crippen LogP contribution >= 0.6 is 0 Å². The number of ether oxygens (including phenoxy) is 2. The number of benzene rings is 3. The highest BCUT2D eigenvalue weighted by Gasteiger charge is 2.45. The van der Waals surface area contributed by atoms with Crippen LogP contribution in [-0.4, -0.2) is 185 Å². The second-order valence-electron chi connectivity index (χ2n) is 31.3. The monoisotopic (exact) mass is 1530 g/mol. The van der Waals surface area contributed by atoms with Crippen LogP contribution in [0.4, 0.5) is 79.3 Å². The number of rotatable bonds is 11. The molecule has 6 saturated heterocycles. The highest BCUT2D eigenvalue weighted by atomic mass is 19.4. The van der Waals surface area contributed by atoms with Gasteiger partial charge in [-0.05, 0) is 184 Å². The zero-order chi connectivity index (χ0) is 79.3. The van der Waals surface area contributed by atoms with E-state index >= 15 is 4.39 Å². The topological polar surface area (TPSA) is 241 Å². The van der Waals surface area contributed by atoms with Crippen LogP contribution in [0, 0.1) is 17.8 Å². The van der Waals surface area contributed by atoms with Gasteiger partial charge >= 0.3 is 36.7 Å². The van der Waals surface area contributed by atoms with Crippen LogP contribution in [0.15, 0.2) is 91.4 Å². The average Bonchev–Trinajstić information content (AvgIpc) is 1.35. The van der Waals surface area contributed by atoms with E-state index in [-0.39, 0.29) is 117 Å². The van der Waals surface area contributed by atoms with E-state index in [1.54, 1.807) is 77.9 Å². The highest BCUT2D eigenvalue weighted by Crippen LogP contribution is 2.43. The van der Waals surface area contributed by atoms with Crippen molar-refractivity contribution in [1.29, 1.82) is 0 Å². The van der Waals surface area contributed by atoms with E-state index in [4.69, 9.17) is 20.3 Å². The Hall–Kier alpha value is -8.68. The summed E-state index contributed by atoms with van der Waals surface area (Å²) in [6, 6.07) is 17.0. The Labute approximate surface area is 619 Å². The number of hydrogen-bond acceptors (Lipinski definition) is 15. The predicted molar refractivity (Wildman–Crippen MR) is 385 cm³/mol. The van der Waals surface area contributed by atoms with Crippen molar-refractivity contribution in [3.8, 4) is 0 Å². The van der Waals surface area contributed by atoms with Crippen LogP contribution in [0.3, 0.4) is 0 Å². The van der Waals surface area contributed by atoms with E-state index in [9.17, 15) is 72.3 Å². The summed E-state index contributed by atoms with van der Waals surface area (Å²) in [5.41, 5.74) is -0.542. The molecule has 4 amide bonds. The molecule has 3 aromatic heterocycles. The first-order chi connectivity index (χ1) is 50.3. The number of pyridine rings is 3. The number of likely N-dealkylation sites (tertiary alicyclic amines) is 2. The summed E-state index contributed by atoms with van der Waals surface area (Å²) in [5.74, 6) is -1.50. The van der Waals surface area contributed by atoms with Crippen LogP contribution < -0.4 is 36.4 Å². The lowest BCUT2D eigenvalue weighted by Gasteiger charge is -2.37. The minimum absolute atomic E-state index is 0.00228. The Balaban J connectivity index is 0.000000173. The van der Waals surface area contributed by atoms with Gasteiger partial charge in [-0.2, -0.15) is 39.5 Å². The summed E-state index contributed by atoms with van der Waals surface area (Å²) in [7, 11) is 0. The standard InChI is InChI=1S/C27H34F4N4O3.C22H26F4N4O.C15H16F3N3.C12H20FNO4/c1-17-15-35(21-8-7-19(27(29,30)31)23-18(21)6-5-11-32-23)16-20(17)33-22(36)14-26(28)9-12-34(13-10-26)24(37)38-25(2,3)4;1-14-12-30(13-17(14)29-19(31)11-21(23)6-9-27-10-7-21)18-5-4-16(22(24,25)26)20-15(18)3-2-8-28-20;1-9-7-21(8-12(9)19)13-5-4-11(15(16,17)18)14-10(13)3-2-6-20-14;1-11(2,3)18-10(17)14-6-4-12(13,5-7-14)8-9(15)16/h5-8,11,17,20H,9-10,12-16H2,1-4H3,(H,33,36);2-5,8,14,17,27H,6-7,9-13H2,1H3,(H,29,31);2-6,9,12H,7-8,19H2,1H3;4-8H2,1-3H3,(H,15,16)/t17-,20+;14-,17+;9-,12+;/m111./s1. The quantitative estimate of drug-likeness (QED) is 0.0758. The van der Waals surface area contributed by atoms with E-state index in [0.717, 1.165) is 30.4 Å². The van der Waals surface area contributed by atoms with Gasteiger partial charge in [-0.15, -0.1) is 0 Å². The maximum Gasteiger partial charge on any atom is 0.418 e. The number of piperidine rings is 3. The van der Waals surface area contributed by atoms with Crippen molar-refractivity contribution < 1.29 is 91.2 Å². The van der Waals surface area contributed by atoms with Crippen molar-refractivity contribution in [3.63, 3.8) is 0 Å². The molecule has 0 saturated carbocycles. The molecule has 6 N–H and O–H groups in total. The molecule has 6 aromatic rings. The SMILES string of the molecule is CC(C)(C)OC(=O)N1CCC(F)(CC(=O)O)CC1.C[C@@H]1CN(c2ccc(C(F)(F)F)c3ncccc23)C[C@@H]1N.C[C@@H]1CN(c2ccc(C(F)(F)F)c3ncccc23)C[C@@H]1NC(=O)CC1(F)CCN(C(=O)OC(C)(C)C)CC1.C[C@@H]1CN(c2ccc(C(F)(F)F)c3ncccc23)C[C@@H]1NC(=O)CC1(F)CCNCC1. The molecule has 9 heterocycles. The molecule has 6 aliphatic rings. The first-order valence-corrected chi connectivity index (χ1v) is 36.2. The second kappa shape index (κ2) is 33.3. The summed E-state index contributed by atoms with van der Waals surface area (Å²) >= 11 is 0. The van der Waals surface area contributed by atoms with Gasteiger partial charge in [-0.3, -0.25) is 29.3 Å². The molecule has 3 aromatic carbocycles. The van der Waals surface area contributed by atoms with E-state index in [0.29, 0.717) is 92.1 Å². The number of nitrogens with one attached hydrogen (secondary N) is 3. The number of fused-ring (bicyclic) bond motifs is 3. The number of carboxylic acids is 1. The van der Waals surface area contributed by atoms with Gasteiger partial charge in [0.25, 0.3) is 0 Å². The number of carboxylic acid groups (broad SMARTS) is 1. The molecule has 20 nitrogen and oxygen atoms in total. The van der Waals surface area contributed by atoms with Crippen molar-refractivity contribution in [2.75, 3.05) is 93.2 Å². The zero-order valence-corrected chi connectivity index (χ0v) is 62.0. The number of anilines is 3. The fourth-order valence-electron chi connectivity index (χ4n) is 14.5. The number of halogens is 12. The third kappa shape index (κ3) is 21.6. The fourth-order valence-corrected chi connectivity index (χ4v) is 14.5. The number of aromatic nitrogens is 3. The molecule has 0 aliphatic carbocycles. The Kier molecular flexibility index (Phi) is 25.7. The zero-order valence-electron chi connectivity index (χ0n) is 62.0. The molecule has 592 valence electrons. The number of alkyl halides is 12. The summed E-state index contributed by atoms with van der Waals surface area (Å²) in [4.78, 5) is 80.5. The van der Waals surface area contributed by atoms with Gasteiger partial charge in [0, 0.05) is 123 Å². The molecule has 0 unspecified atom stereocenters. The number of amides is 4. The predicted octanol–water partition coefficient (Wildman–Crippen LogP) is 14.2. The van der Waals surface area contributed by atoms with E-state index in [1.807, 2.05) is 28.5 Å². The normalized spacial score (nSPS) is 22.3. The maximum atomic E-state index is 15.5. The van der Waals surface area contributed by atoms with Gasteiger partial charge in [0.2, 0.25) is 11.8 Å². The molecule has 6 aliphatic heterocycles. The number of nitrogens with zero attached hydrogens (tertiary/aromatic N) is 8. The Bertz CT molecular complexity index is 4140. The molecule has 0 radical (unpaired) electrons. The molecule has 108 heavy (non-hydrogen) atoms. The van der Waals surface area contributed by atoms with Crippen molar-refractivity contribution in [1.82, 2.24) is 40.7 Å². The number of carbonyl (C=O) groups is 5. The Morgan fingerprint density at radius 2 is 0.796 bits per heavy atom. The maximum absolute atomic E-state index is 15.5. The fraction of sp³-hybridized carbons (Fsp3) is 0.579. The van der Waals surface area contributed by atoms with Crippen LogP contribution in [-0.2, 0) is 42.4 Å². The first kappa shape index (κ1) is 83.4. The molecular weight excluding hydrogens is 1440 g/mol. The summed E-state index contributed by atoms with van der Waals surface area (Å²) in [6.45, 7) is 21.7. The molecular formula is C76H96F12N12O8. The number of aliphatic carboxylic acids is 1. The minimum Gasteiger partial charge on any atom is -0.481 e. The lowest BCUT2D eigenvalue weighted by molar-refractivity contribution is -0.141. The van der Waals surface area contributed by atoms with Gasteiger partial charge in [-0.25, -0.2) is 22.8 Å². The Morgan fingerprint density at radius 3 is 1.10 bits per heavy atom. The summed E-state index contributed by atoms with van der Waals surface area (Å²) in [5, 5.41) is 18.9. The lowest BCUT2D eigenvalue weighted by atomic mass is 9.89. The molecule has 12 rings (SSSR count). The van der Waals surface area contributed by atoms with Crippen LogP contribution in [0.1, 0.15) is 137 Å². The molecule has 0 bridgehead atoms. The molecule has 6 fully saturated rings. The Morgan fingerprint density at radius 1 is 0.481 bits per heavy atom. The van der Waals surface area contributed by atoms with Crippen molar-refractivity contribution >= 4 is 79.7 Å². The highest BCUT2D eigenvalue weighted by molar-refractivity contribution is 5.96. The van der Waals surface area contributed by atoms with Crippen molar-refractivity contribution in [3.05, 3.63) is 108 Å². The van der Waals surface area contributed by atoms with E-state index in [1.165, 1.54) is 46.6 Å². The molecule has 0 spiro atoms. The molecule has 6 atom stereocenters. The third-order valence-electron chi connectivity index (χ3n) is 20.3. The summed E-state index contributed by atoms with van der Waals surface area (Å²) < 4.78 is 175. The second-order valence-corrected chi connectivity index (χ2v) is 31.3. The van der Waals surface area contributed by atoms with Gasteiger partial charge in [0.1, 0.15) is 28.2 Å². The van der Waals surface area contributed by atoms with Gasteiger partial charge in [-0.1, -0.05) is 20.8 Å². The lowest BCUT2D eigenvalue weighted by Crippen LogP contribution is -2.49. The van der Waals surface area contributed by atoms with E-state index in [2.05, 4.69) is 37.8 Å². The average molecular weight is 1530 g/mol. The van der Waals surface area contributed by atoms with Gasteiger partial charge in [0.15, 0.2) is 0 Å². The van der Waals surface area contributed by atoms with Gasteiger partial charge < -0.3 is 60.8 Å². The third-order valence-corrected chi connectivity index (χ3v) is 20.3. The van der Waals surface area contributed by atoms with Crippen LogP contribution in [0.2, 0.25) is 0 Å². The van der Waals surface area contributed by atoms with Gasteiger partial charge in [0.05, 0.1) is 64.6 Å². The van der Waals surface area contributed by atoms with Crippen LogP contribution in [0.5, 0.6) is 0 Å². The van der Waals surface area contributed by atoms with E-state index < -0.39 is 93.9 Å². The van der Waals surface area contributed by atoms with Crippen molar-refractivity contribution in [2.45, 2.75) is 185 Å². The summed E-state index contributed by atoms with van der Waals surface area (Å²) in [6.07, 6.45) is -10.5. The van der Waals surface area contributed by atoms with Crippen molar-refractivity contribution in [2.24, 2.45) is 23.5 Å². The minimum atomic E-state index is -4.52. The van der Waals surface area contributed by atoms with Crippen LogP contribution in [0.25, 0.3) is 32.7 Å². The largest absolute Gasteiger partial charge is 0.481 e. The molecule has 32 heteroatoms. The number of hydrogen-bond donors (Lipinski definition) is 5. The smallest absolute Gasteiger partial charge is 0.418 e. The first-order valence-electron chi connectivity index (χ1n) is 36.2.